The van der Waals surface area contributed by atoms with Gasteiger partial charge < -0.3 is 19.8 Å². The summed E-state index contributed by atoms with van der Waals surface area (Å²) in [7, 11) is -3.34. The molecule has 210 valence electrons. The number of anilines is 1. The van der Waals surface area contributed by atoms with Crippen molar-refractivity contribution < 1.29 is 22.3 Å². The highest BCUT2D eigenvalue weighted by atomic mass is 32.2. The van der Waals surface area contributed by atoms with E-state index in [9.17, 15) is 12.8 Å². The van der Waals surface area contributed by atoms with Gasteiger partial charge in [0.25, 0.3) is 0 Å². The van der Waals surface area contributed by atoms with Gasteiger partial charge in [-0.05, 0) is 42.8 Å². The van der Waals surface area contributed by atoms with Crippen LogP contribution >= 0.6 is 0 Å². The van der Waals surface area contributed by atoms with Crippen LogP contribution in [0.15, 0.2) is 66.9 Å². The Kier molecular flexibility index (Phi) is 7.95. The van der Waals surface area contributed by atoms with E-state index >= 15 is 0 Å². The summed E-state index contributed by atoms with van der Waals surface area (Å²) in [6.07, 6.45) is 1.96. The minimum atomic E-state index is -3.34. The minimum Gasteiger partial charge on any atom is -0.348 e. The number of rotatable bonds is 9. The number of aromatic nitrogens is 4. The summed E-state index contributed by atoms with van der Waals surface area (Å²) < 4.78 is 51.3. The van der Waals surface area contributed by atoms with Gasteiger partial charge in [-0.15, -0.1) is 0 Å². The summed E-state index contributed by atoms with van der Waals surface area (Å²) >= 11 is 0. The van der Waals surface area contributed by atoms with Gasteiger partial charge in [-0.3, -0.25) is 0 Å². The van der Waals surface area contributed by atoms with Crippen molar-refractivity contribution in [1.29, 1.82) is 0 Å². The molecule has 0 bridgehead atoms. The molecule has 0 amide bonds. The molecule has 3 heterocycles. The predicted octanol–water partition coefficient (Wildman–Crippen LogP) is 4.45. The number of nitrogens with one attached hydrogen (secondary N) is 3. The molecule has 1 unspecified atom stereocenters. The first-order chi connectivity index (χ1) is 19.1. The fourth-order valence-corrected chi connectivity index (χ4v) is 4.91. The number of sulfonamides is 1. The number of imidazole rings is 1. The Hall–Kier alpha value is -3.71. The van der Waals surface area contributed by atoms with E-state index in [1.807, 2.05) is 44.2 Å². The predicted molar refractivity (Wildman–Crippen MR) is 149 cm³/mol. The molecular formula is C28H31FN6O4S. The molecule has 0 spiro atoms. The summed E-state index contributed by atoms with van der Waals surface area (Å²) in [5.74, 6) is 0.498. The minimum absolute atomic E-state index is 0.0270. The van der Waals surface area contributed by atoms with E-state index in [1.165, 1.54) is 12.1 Å². The third-order valence-corrected chi connectivity index (χ3v) is 7.22. The van der Waals surface area contributed by atoms with Crippen LogP contribution in [0.25, 0.3) is 22.6 Å². The van der Waals surface area contributed by atoms with Crippen molar-refractivity contribution in [3.8, 4) is 22.6 Å². The molecule has 0 radical (unpaired) electrons. The summed E-state index contributed by atoms with van der Waals surface area (Å²) in [6, 6.07) is 17.8. The maximum Gasteiger partial charge on any atom is 0.223 e. The average Bonchev–Trinajstić information content (AvgIpc) is 3.39. The molecule has 40 heavy (non-hydrogen) atoms. The monoisotopic (exact) mass is 566 g/mol. The molecular weight excluding hydrogens is 535 g/mol. The number of hydrogen-bond acceptors (Lipinski definition) is 8. The van der Waals surface area contributed by atoms with Crippen molar-refractivity contribution in [1.82, 2.24) is 24.7 Å². The van der Waals surface area contributed by atoms with E-state index in [1.54, 1.807) is 24.4 Å². The highest BCUT2D eigenvalue weighted by Gasteiger charge is 2.35. The molecule has 4 aromatic rings. The number of ether oxygens (including phenoxy) is 2. The second kappa shape index (κ2) is 11.4. The van der Waals surface area contributed by atoms with E-state index in [-0.39, 0.29) is 31.6 Å². The molecule has 5 rings (SSSR count). The van der Waals surface area contributed by atoms with Gasteiger partial charge in [-0.1, -0.05) is 37.3 Å². The highest BCUT2D eigenvalue weighted by Crippen LogP contribution is 2.35. The first kappa shape index (κ1) is 27.8. The van der Waals surface area contributed by atoms with Gasteiger partial charge >= 0.3 is 0 Å². The molecule has 2 aromatic heterocycles. The van der Waals surface area contributed by atoms with Crippen molar-refractivity contribution in [2.75, 3.05) is 31.3 Å². The molecule has 0 saturated carbocycles. The SMILES string of the molecule is CC(Nc1nccc(-c2[nH]c(C3OCC(C)(CNS(C)(=O)=O)CO3)nc2-c2ccc(F)cc2)n1)c1ccccc1. The Balaban J connectivity index is 1.42. The zero-order valence-electron chi connectivity index (χ0n) is 22.4. The zero-order valence-corrected chi connectivity index (χ0v) is 23.2. The van der Waals surface area contributed by atoms with Gasteiger partial charge in [0.05, 0.1) is 42.6 Å². The zero-order chi connectivity index (χ0) is 28.3. The molecule has 1 aliphatic rings. The lowest BCUT2D eigenvalue weighted by atomic mass is 9.92. The van der Waals surface area contributed by atoms with E-state index in [4.69, 9.17) is 19.4 Å². The quantitative estimate of drug-likeness (QED) is 0.271. The summed E-state index contributed by atoms with van der Waals surface area (Å²) in [5, 5.41) is 3.33. The molecule has 2 aromatic carbocycles. The van der Waals surface area contributed by atoms with Crippen LogP contribution in [0, 0.1) is 11.2 Å². The fraction of sp³-hybridized carbons (Fsp3) is 0.321. The lowest BCUT2D eigenvalue weighted by Gasteiger charge is -2.36. The molecule has 1 aliphatic heterocycles. The topological polar surface area (TPSA) is 131 Å². The first-order valence-electron chi connectivity index (χ1n) is 12.8. The van der Waals surface area contributed by atoms with Crippen molar-refractivity contribution in [3.05, 3.63) is 84.1 Å². The van der Waals surface area contributed by atoms with Gasteiger partial charge in [0.15, 0.2) is 5.82 Å². The molecule has 3 N–H and O–H groups in total. The highest BCUT2D eigenvalue weighted by molar-refractivity contribution is 7.88. The second-order valence-corrected chi connectivity index (χ2v) is 12.1. The first-order valence-corrected chi connectivity index (χ1v) is 14.7. The van der Waals surface area contributed by atoms with E-state index in [0.717, 1.165) is 11.8 Å². The third kappa shape index (κ3) is 6.70. The Bertz CT molecular complexity index is 1560. The molecule has 1 saturated heterocycles. The van der Waals surface area contributed by atoms with Crippen LogP contribution in [-0.2, 0) is 19.5 Å². The van der Waals surface area contributed by atoms with Crippen molar-refractivity contribution in [2.45, 2.75) is 26.2 Å². The molecule has 1 fully saturated rings. The van der Waals surface area contributed by atoms with Crippen LogP contribution in [0.3, 0.4) is 0 Å². The van der Waals surface area contributed by atoms with E-state index in [2.05, 4.69) is 20.0 Å². The summed E-state index contributed by atoms with van der Waals surface area (Å²) in [5.41, 5.74) is 2.96. The Morgan fingerprint density at radius 2 is 1.77 bits per heavy atom. The average molecular weight is 567 g/mol. The number of H-pyrrole nitrogens is 1. The van der Waals surface area contributed by atoms with Gasteiger partial charge in [-0.25, -0.2) is 32.5 Å². The van der Waals surface area contributed by atoms with E-state index in [0.29, 0.717) is 34.4 Å². The van der Waals surface area contributed by atoms with E-state index < -0.39 is 21.7 Å². The number of nitrogens with zero attached hydrogens (tertiary/aromatic N) is 3. The molecule has 10 nitrogen and oxygen atoms in total. The van der Waals surface area contributed by atoms with Crippen LogP contribution in [0.1, 0.15) is 37.6 Å². The van der Waals surface area contributed by atoms with Crippen LogP contribution in [-0.4, -0.2) is 54.4 Å². The molecule has 0 aliphatic carbocycles. The standard InChI is InChI=1S/C28H31FN6O4S/c1-18(19-7-5-4-6-8-19)32-27-30-14-13-22(33-27)24-23(20-9-11-21(29)12-10-20)34-25(35-24)26-38-16-28(2,17-39-26)15-31-40(3,36)37/h4-14,18,26,31H,15-17H2,1-3H3,(H,34,35)(H,30,32,33). The third-order valence-electron chi connectivity index (χ3n) is 6.55. The normalized spacial score (nSPS) is 20.2. The van der Waals surface area contributed by atoms with Gasteiger partial charge in [0, 0.05) is 23.7 Å². The van der Waals surface area contributed by atoms with Gasteiger partial charge in [-0.2, -0.15) is 0 Å². The van der Waals surface area contributed by atoms with Crippen molar-refractivity contribution in [2.24, 2.45) is 5.41 Å². The lowest BCUT2D eigenvalue weighted by molar-refractivity contribution is -0.231. The lowest BCUT2D eigenvalue weighted by Crippen LogP contribution is -2.45. The summed E-state index contributed by atoms with van der Waals surface area (Å²) in [6.45, 7) is 4.59. The Morgan fingerprint density at radius 3 is 2.45 bits per heavy atom. The Labute approximate surface area is 232 Å². The number of hydrogen-bond donors (Lipinski definition) is 3. The van der Waals surface area contributed by atoms with Crippen LogP contribution in [0.5, 0.6) is 0 Å². The largest absolute Gasteiger partial charge is 0.348 e. The smallest absolute Gasteiger partial charge is 0.223 e. The van der Waals surface area contributed by atoms with Crippen molar-refractivity contribution in [3.63, 3.8) is 0 Å². The molecule has 1 atom stereocenters. The second-order valence-electron chi connectivity index (χ2n) is 10.3. The molecule has 12 heteroatoms. The Morgan fingerprint density at radius 1 is 1.07 bits per heavy atom. The maximum atomic E-state index is 13.7. The number of benzene rings is 2. The van der Waals surface area contributed by atoms with Crippen molar-refractivity contribution >= 4 is 16.0 Å². The van der Waals surface area contributed by atoms with Crippen LogP contribution in [0.4, 0.5) is 10.3 Å². The summed E-state index contributed by atoms with van der Waals surface area (Å²) in [4.78, 5) is 17.2. The number of halogens is 1. The van der Waals surface area contributed by atoms with Gasteiger partial charge in [0.1, 0.15) is 5.82 Å². The van der Waals surface area contributed by atoms with Crippen LogP contribution < -0.4 is 10.0 Å². The van der Waals surface area contributed by atoms with Gasteiger partial charge in [0.2, 0.25) is 22.3 Å². The maximum absolute atomic E-state index is 13.7. The van der Waals surface area contributed by atoms with Crippen LogP contribution in [0.2, 0.25) is 0 Å². The number of aromatic amines is 1. The fourth-order valence-electron chi connectivity index (χ4n) is 4.30.